The van der Waals surface area contributed by atoms with Gasteiger partial charge in [-0.1, -0.05) is 12.1 Å². The van der Waals surface area contributed by atoms with E-state index in [4.69, 9.17) is 0 Å². The summed E-state index contributed by atoms with van der Waals surface area (Å²) in [5, 5.41) is 3.02. The van der Waals surface area contributed by atoms with Crippen molar-refractivity contribution in [1.82, 2.24) is 9.97 Å². The van der Waals surface area contributed by atoms with E-state index >= 15 is 0 Å². The van der Waals surface area contributed by atoms with Gasteiger partial charge in [0, 0.05) is 18.1 Å². The van der Waals surface area contributed by atoms with Crippen LogP contribution in [0.15, 0.2) is 42.7 Å². The fourth-order valence-corrected chi connectivity index (χ4v) is 3.04. The van der Waals surface area contributed by atoms with Crippen molar-refractivity contribution >= 4 is 17.5 Å². The molecule has 2 heterocycles. The first kappa shape index (κ1) is 16.4. The molecule has 0 aliphatic carbocycles. The van der Waals surface area contributed by atoms with Crippen LogP contribution < -0.4 is 15.1 Å². The number of nitrogens with zero attached hydrogens (tertiary/aromatic N) is 3. The largest absolute Gasteiger partial charge is 0.330 e. The number of piperazine rings is 1. The fraction of sp³-hybridized carbons (Fsp3) is 0.389. The van der Waals surface area contributed by atoms with Crippen molar-refractivity contribution in [2.75, 3.05) is 36.4 Å². The van der Waals surface area contributed by atoms with Crippen LogP contribution in [0.5, 0.6) is 0 Å². The SMILES string of the molecule is Cc1cccc(NC(=O)[C@H](C)[NH+]2CCN(c3ncccn3)CC2)c1. The van der Waals surface area contributed by atoms with Gasteiger partial charge in [0.05, 0.1) is 26.2 Å². The van der Waals surface area contributed by atoms with E-state index in [0.717, 1.165) is 43.4 Å². The van der Waals surface area contributed by atoms with Gasteiger partial charge in [-0.2, -0.15) is 0 Å². The van der Waals surface area contributed by atoms with E-state index in [1.54, 1.807) is 12.4 Å². The Morgan fingerprint density at radius 1 is 1.21 bits per heavy atom. The Morgan fingerprint density at radius 2 is 1.92 bits per heavy atom. The monoisotopic (exact) mass is 326 g/mol. The van der Waals surface area contributed by atoms with E-state index in [2.05, 4.69) is 20.2 Å². The van der Waals surface area contributed by atoms with Gasteiger partial charge < -0.3 is 15.1 Å². The van der Waals surface area contributed by atoms with Crippen LogP contribution in [-0.2, 0) is 4.79 Å². The minimum atomic E-state index is -0.0793. The molecule has 3 rings (SSSR count). The minimum absolute atomic E-state index is 0.0695. The highest BCUT2D eigenvalue weighted by Gasteiger charge is 2.29. The van der Waals surface area contributed by atoms with Gasteiger partial charge in [-0.25, -0.2) is 9.97 Å². The smallest absolute Gasteiger partial charge is 0.282 e. The number of aromatic nitrogens is 2. The lowest BCUT2D eigenvalue weighted by atomic mass is 10.2. The number of hydrogen-bond donors (Lipinski definition) is 2. The molecule has 1 aliphatic heterocycles. The first-order chi connectivity index (χ1) is 11.6. The van der Waals surface area contributed by atoms with Crippen molar-refractivity contribution in [3.8, 4) is 0 Å². The lowest BCUT2D eigenvalue weighted by Crippen LogP contribution is -3.19. The Balaban J connectivity index is 1.55. The summed E-state index contributed by atoms with van der Waals surface area (Å²) < 4.78 is 0. The molecule has 1 fully saturated rings. The van der Waals surface area contributed by atoms with E-state index in [1.807, 2.05) is 44.2 Å². The normalized spacial score (nSPS) is 16.7. The van der Waals surface area contributed by atoms with Gasteiger partial charge in [0.15, 0.2) is 6.04 Å². The van der Waals surface area contributed by atoms with Crippen LogP contribution in [0.2, 0.25) is 0 Å². The van der Waals surface area contributed by atoms with E-state index in [-0.39, 0.29) is 11.9 Å². The zero-order valence-electron chi connectivity index (χ0n) is 14.2. The second-order valence-corrected chi connectivity index (χ2v) is 6.27. The first-order valence-corrected chi connectivity index (χ1v) is 8.37. The molecule has 6 nitrogen and oxygen atoms in total. The summed E-state index contributed by atoms with van der Waals surface area (Å²) in [6, 6.07) is 9.64. The third-order valence-electron chi connectivity index (χ3n) is 4.53. The highest BCUT2D eigenvalue weighted by Crippen LogP contribution is 2.09. The molecule has 0 saturated carbocycles. The molecule has 0 spiro atoms. The lowest BCUT2D eigenvalue weighted by Gasteiger charge is -2.34. The second-order valence-electron chi connectivity index (χ2n) is 6.27. The number of hydrogen-bond acceptors (Lipinski definition) is 4. The summed E-state index contributed by atoms with van der Waals surface area (Å²) in [7, 11) is 0. The van der Waals surface area contributed by atoms with Gasteiger partial charge in [-0.15, -0.1) is 0 Å². The molecule has 126 valence electrons. The Morgan fingerprint density at radius 3 is 2.58 bits per heavy atom. The van der Waals surface area contributed by atoms with E-state index in [1.165, 1.54) is 4.90 Å². The molecular weight excluding hydrogens is 302 g/mol. The lowest BCUT2D eigenvalue weighted by molar-refractivity contribution is -0.914. The topological polar surface area (TPSA) is 62.6 Å². The van der Waals surface area contributed by atoms with Crippen LogP contribution in [0.25, 0.3) is 0 Å². The summed E-state index contributed by atoms with van der Waals surface area (Å²) in [6.45, 7) is 7.55. The maximum Gasteiger partial charge on any atom is 0.282 e. The molecule has 0 bridgehead atoms. The van der Waals surface area contributed by atoms with Gasteiger partial charge in [0.1, 0.15) is 0 Å². The molecule has 24 heavy (non-hydrogen) atoms. The molecule has 0 radical (unpaired) electrons. The standard InChI is InChI=1S/C18H23N5O/c1-14-5-3-6-16(13-14)21-17(24)15(2)22-9-11-23(12-10-22)18-19-7-4-8-20-18/h3-8,13,15H,9-12H2,1-2H3,(H,21,24)/p+1/t15-/m0/s1. The minimum Gasteiger partial charge on any atom is -0.330 e. The molecule has 1 aromatic heterocycles. The summed E-state index contributed by atoms with van der Waals surface area (Å²) in [4.78, 5) is 24.6. The zero-order valence-corrected chi connectivity index (χ0v) is 14.2. The zero-order chi connectivity index (χ0) is 16.9. The van der Waals surface area contributed by atoms with Crippen molar-refractivity contribution < 1.29 is 9.69 Å². The van der Waals surface area contributed by atoms with E-state index < -0.39 is 0 Å². The van der Waals surface area contributed by atoms with Crippen molar-refractivity contribution in [1.29, 1.82) is 0 Å². The number of aryl methyl sites for hydroxylation is 1. The number of quaternary nitrogens is 1. The second kappa shape index (κ2) is 7.40. The summed E-state index contributed by atoms with van der Waals surface area (Å²) in [5.41, 5.74) is 2.01. The maximum absolute atomic E-state index is 12.5. The maximum atomic E-state index is 12.5. The number of nitrogens with one attached hydrogen (secondary N) is 2. The number of benzene rings is 1. The van der Waals surface area contributed by atoms with E-state index in [0.29, 0.717) is 0 Å². The van der Waals surface area contributed by atoms with Crippen LogP contribution >= 0.6 is 0 Å². The van der Waals surface area contributed by atoms with Crippen LogP contribution in [-0.4, -0.2) is 48.1 Å². The molecule has 0 unspecified atom stereocenters. The third-order valence-corrected chi connectivity index (χ3v) is 4.53. The van der Waals surface area contributed by atoms with Crippen LogP contribution in [0.4, 0.5) is 11.6 Å². The fourth-order valence-electron chi connectivity index (χ4n) is 3.04. The van der Waals surface area contributed by atoms with E-state index in [9.17, 15) is 4.79 Å². The molecule has 1 amide bonds. The Kier molecular flexibility index (Phi) is 5.05. The molecule has 1 aliphatic rings. The summed E-state index contributed by atoms with van der Waals surface area (Å²) >= 11 is 0. The Labute approximate surface area is 142 Å². The van der Waals surface area contributed by atoms with Crippen molar-refractivity contribution in [2.24, 2.45) is 0 Å². The number of anilines is 2. The molecule has 1 atom stereocenters. The molecule has 1 saturated heterocycles. The third kappa shape index (κ3) is 3.89. The van der Waals surface area contributed by atoms with Crippen molar-refractivity contribution in [3.05, 3.63) is 48.3 Å². The molecule has 1 aromatic carbocycles. The summed E-state index contributed by atoms with van der Waals surface area (Å²) in [6.07, 6.45) is 3.53. The first-order valence-electron chi connectivity index (χ1n) is 8.37. The Hall–Kier alpha value is -2.47. The number of carbonyl (C=O) groups excluding carboxylic acids is 1. The Bertz CT molecular complexity index is 683. The van der Waals surface area contributed by atoms with Gasteiger partial charge >= 0.3 is 0 Å². The van der Waals surface area contributed by atoms with Crippen LogP contribution in [0.1, 0.15) is 12.5 Å². The predicted octanol–water partition coefficient (Wildman–Crippen LogP) is 0.517. The van der Waals surface area contributed by atoms with Gasteiger partial charge in [0.2, 0.25) is 5.95 Å². The average Bonchev–Trinajstić information content (AvgIpc) is 2.62. The number of amides is 1. The molecule has 2 N–H and O–H groups in total. The van der Waals surface area contributed by atoms with Gasteiger partial charge in [-0.05, 0) is 37.6 Å². The van der Waals surface area contributed by atoms with Crippen LogP contribution in [0, 0.1) is 6.92 Å². The predicted molar refractivity (Wildman–Crippen MR) is 94.2 cm³/mol. The summed E-state index contributed by atoms with van der Waals surface area (Å²) in [5.74, 6) is 0.841. The number of rotatable bonds is 4. The quantitative estimate of drug-likeness (QED) is 0.860. The van der Waals surface area contributed by atoms with Gasteiger partial charge in [-0.3, -0.25) is 4.79 Å². The molecule has 2 aromatic rings. The van der Waals surface area contributed by atoms with Crippen molar-refractivity contribution in [3.63, 3.8) is 0 Å². The molecular formula is C18H24N5O+. The highest BCUT2D eigenvalue weighted by molar-refractivity contribution is 5.93. The van der Waals surface area contributed by atoms with Gasteiger partial charge in [0.25, 0.3) is 5.91 Å². The molecule has 6 heteroatoms. The highest BCUT2D eigenvalue weighted by atomic mass is 16.2. The average molecular weight is 326 g/mol. The van der Waals surface area contributed by atoms with Crippen molar-refractivity contribution in [2.45, 2.75) is 19.9 Å². The van der Waals surface area contributed by atoms with Crippen LogP contribution in [0.3, 0.4) is 0 Å². The number of carbonyl (C=O) groups is 1.